The second-order valence-electron chi connectivity index (χ2n) is 7.02. The largest absolute Gasteiger partial charge is 0.481 e. The van der Waals surface area contributed by atoms with Crippen molar-refractivity contribution >= 4 is 5.97 Å². The average molecular weight is 374 g/mol. The molecule has 0 amide bonds. The van der Waals surface area contributed by atoms with Crippen LogP contribution in [0.4, 0.5) is 0 Å². The minimum Gasteiger partial charge on any atom is -0.481 e. The Bertz CT molecular complexity index is 924. The van der Waals surface area contributed by atoms with Crippen LogP contribution in [0, 0.1) is 6.92 Å². The topological polar surface area (TPSA) is 63.1 Å². The van der Waals surface area contributed by atoms with Crippen molar-refractivity contribution in [1.29, 1.82) is 0 Å². The fraction of sp³-hybridized carbons (Fsp3) is 0.292. The van der Waals surface area contributed by atoms with Crippen LogP contribution in [0.2, 0.25) is 0 Å². The summed E-state index contributed by atoms with van der Waals surface area (Å²) in [6, 6.07) is 20.1. The van der Waals surface area contributed by atoms with Crippen LogP contribution in [0.15, 0.2) is 60.7 Å². The number of aromatic nitrogens is 2. The van der Waals surface area contributed by atoms with Crippen LogP contribution in [-0.4, -0.2) is 21.0 Å². The first-order valence-corrected chi connectivity index (χ1v) is 9.79. The van der Waals surface area contributed by atoms with Gasteiger partial charge in [-0.1, -0.05) is 74.0 Å². The number of carboxylic acids is 1. The Kier molecular flexibility index (Phi) is 6.53. The van der Waals surface area contributed by atoms with Crippen LogP contribution >= 0.6 is 0 Å². The number of aliphatic carboxylic acids is 1. The molecule has 0 fully saturated rings. The monoisotopic (exact) mass is 374 g/mol. The molecule has 0 spiro atoms. The van der Waals surface area contributed by atoms with Crippen molar-refractivity contribution in [2.24, 2.45) is 0 Å². The molecule has 3 aromatic rings. The Morgan fingerprint density at radius 3 is 2.21 bits per heavy atom. The molecule has 28 heavy (non-hydrogen) atoms. The van der Waals surface area contributed by atoms with Crippen LogP contribution in [0.3, 0.4) is 0 Å². The van der Waals surface area contributed by atoms with Crippen LogP contribution in [0.1, 0.15) is 48.3 Å². The average Bonchev–Trinajstić information content (AvgIpc) is 2.72. The van der Waals surface area contributed by atoms with E-state index < -0.39 is 11.9 Å². The van der Waals surface area contributed by atoms with Gasteiger partial charge in [0.15, 0.2) is 0 Å². The summed E-state index contributed by atoms with van der Waals surface area (Å²) in [4.78, 5) is 21.5. The second-order valence-corrected chi connectivity index (χ2v) is 7.02. The van der Waals surface area contributed by atoms with Crippen molar-refractivity contribution in [1.82, 2.24) is 9.97 Å². The van der Waals surface area contributed by atoms with Gasteiger partial charge in [-0.25, -0.2) is 9.97 Å². The molecule has 0 aliphatic carbocycles. The Balaban J connectivity index is 2.03. The van der Waals surface area contributed by atoms with E-state index in [1.807, 2.05) is 62.4 Å². The van der Waals surface area contributed by atoms with Gasteiger partial charge in [-0.15, -0.1) is 0 Å². The summed E-state index contributed by atoms with van der Waals surface area (Å²) in [5.41, 5.74) is 4.42. The summed E-state index contributed by atoms with van der Waals surface area (Å²) >= 11 is 0. The molecule has 2 aromatic carbocycles. The normalized spacial score (nSPS) is 11.9. The van der Waals surface area contributed by atoms with Gasteiger partial charge < -0.3 is 5.11 Å². The molecule has 1 atom stereocenters. The highest BCUT2D eigenvalue weighted by Crippen LogP contribution is 2.33. The van der Waals surface area contributed by atoms with E-state index in [4.69, 9.17) is 4.98 Å². The lowest BCUT2D eigenvalue weighted by Gasteiger charge is -2.19. The number of carbonyl (C=O) groups is 1. The smallest absolute Gasteiger partial charge is 0.311 e. The molecule has 1 aromatic heterocycles. The Labute approximate surface area is 166 Å². The lowest BCUT2D eigenvalue weighted by atomic mass is 9.89. The van der Waals surface area contributed by atoms with Gasteiger partial charge in [0.2, 0.25) is 0 Å². The first kappa shape index (κ1) is 19.7. The van der Waals surface area contributed by atoms with Gasteiger partial charge in [0.05, 0.1) is 11.6 Å². The summed E-state index contributed by atoms with van der Waals surface area (Å²) in [7, 11) is 0. The zero-order valence-corrected chi connectivity index (χ0v) is 16.4. The number of rotatable bonds is 8. The highest BCUT2D eigenvalue weighted by molar-refractivity contribution is 5.80. The zero-order valence-electron chi connectivity index (χ0n) is 16.4. The summed E-state index contributed by atoms with van der Waals surface area (Å²) < 4.78 is 0. The van der Waals surface area contributed by atoms with E-state index in [0.29, 0.717) is 6.42 Å². The van der Waals surface area contributed by atoms with Gasteiger partial charge in [0.25, 0.3) is 0 Å². The van der Waals surface area contributed by atoms with Gasteiger partial charge in [-0.2, -0.15) is 0 Å². The summed E-state index contributed by atoms with van der Waals surface area (Å²) in [5, 5.41) is 9.82. The Morgan fingerprint density at radius 2 is 1.61 bits per heavy atom. The first-order valence-electron chi connectivity index (χ1n) is 9.79. The minimum absolute atomic E-state index is 0.572. The molecule has 1 N–H and O–H groups in total. The quantitative estimate of drug-likeness (QED) is 0.588. The molecule has 0 bridgehead atoms. The van der Waals surface area contributed by atoms with E-state index in [1.165, 1.54) is 5.56 Å². The maximum Gasteiger partial charge on any atom is 0.311 e. The molecule has 1 heterocycles. The number of benzene rings is 2. The number of carboxylic acid groups (broad SMARTS) is 1. The van der Waals surface area contributed by atoms with Crippen LogP contribution < -0.4 is 0 Å². The Morgan fingerprint density at radius 1 is 0.964 bits per heavy atom. The second kappa shape index (κ2) is 9.27. The summed E-state index contributed by atoms with van der Waals surface area (Å²) in [6.07, 6.45) is 2.94. The van der Waals surface area contributed by atoms with Gasteiger partial charge in [0.1, 0.15) is 5.82 Å². The number of aryl methyl sites for hydroxylation is 3. The maximum atomic E-state index is 12.0. The molecule has 0 saturated carbocycles. The van der Waals surface area contributed by atoms with E-state index in [-0.39, 0.29) is 0 Å². The minimum atomic E-state index is -0.817. The van der Waals surface area contributed by atoms with Crippen molar-refractivity contribution in [3.63, 3.8) is 0 Å². The standard InChI is InChI=1S/C24H26N2O2/c1-3-10-20(24(27)28)22-17(2)25-21(16-15-18-11-6-4-7-12-18)26-23(22)19-13-8-5-9-14-19/h4-9,11-14,20H,3,10,15-16H2,1-2H3,(H,27,28). The van der Waals surface area contributed by atoms with Gasteiger partial charge in [-0.05, 0) is 25.3 Å². The lowest BCUT2D eigenvalue weighted by molar-refractivity contribution is -0.139. The van der Waals surface area contributed by atoms with Crippen molar-refractivity contribution in [3.05, 3.63) is 83.3 Å². The van der Waals surface area contributed by atoms with Crippen LogP contribution in [0.5, 0.6) is 0 Å². The summed E-state index contributed by atoms with van der Waals surface area (Å²) in [6.45, 7) is 3.91. The predicted molar refractivity (Wildman–Crippen MR) is 111 cm³/mol. The van der Waals surface area contributed by atoms with Gasteiger partial charge >= 0.3 is 5.97 Å². The van der Waals surface area contributed by atoms with E-state index >= 15 is 0 Å². The number of hydrogen-bond acceptors (Lipinski definition) is 3. The third-order valence-corrected chi connectivity index (χ3v) is 4.93. The van der Waals surface area contributed by atoms with E-state index in [9.17, 15) is 9.90 Å². The van der Waals surface area contributed by atoms with Crippen LogP contribution in [0.25, 0.3) is 11.3 Å². The molecule has 0 aliphatic heterocycles. The fourth-order valence-electron chi connectivity index (χ4n) is 3.57. The maximum absolute atomic E-state index is 12.0. The van der Waals surface area contributed by atoms with Crippen molar-refractivity contribution in [2.45, 2.75) is 45.4 Å². The molecule has 0 saturated heterocycles. The molecular weight excluding hydrogens is 348 g/mol. The van der Waals surface area contributed by atoms with E-state index in [0.717, 1.165) is 47.6 Å². The molecule has 144 valence electrons. The fourth-order valence-corrected chi connectivity index (χ4v) is 3.57. The SMILES string of the molecule is CCCC(C(=O)O)c1c(C)nc(CCc2ccccc2)nc1-c1ccccc1. The highest BCUT2D eigenvalue weighted by Gasteiger charge is 2.26. The predicted octanol–water partition coefficient (Wildman–Crippen LogP) is 5.21. The number of hydrogen-bond donors (Lipinski definition) is 1. The van der Waals surface area contributed by atoms with Crippen molar-refractivity contribution < 1.29 is 9.90 Å². The Hall–Kier alpha value is -3.01. The van der Waals surface area contributed by atoms with Gasteiger partial charge in [0, 0.05) is 23.2 Å². The van der Waals surface area contributed by atoms with E-state index in [2.05, 4.69) is 17.1 Å². The third kappa shape index (κ3) is 4.63. The van der Waals surface area contributed by atoms with E-state index in [1.54, 1.807) is 0 Å². The molecule has 3 rings (SSSR count). The lowest BCUT2D eigenvalue weighted by Crippen LogP contribution is -2.17. The summed E-state index contributed by atoms with van der Waals surface area (Å²) in [5.74, 6) is -0.657. The number of nitrogens with zero attached hydrogens (tertiary/aromatic N) is 2. The third-order valence-electron chi connectivity index (χ3n) is 4.93. The molecular formula is C24H26N2O2. The zero-order chi connectivity index (χ0) is 19.9. The molecule has 0 radical (unpaired) electrons. The van der Waals surface area contributed by atoms with Crippen molar-refractivity contribution in [3.8, 4) is 11.3 Å². The molecule has 1 unspecified atom stereocenters. The van der Waals surface area contributed by atoms with Crippen LogP contribution in [-0.2, 0) is 17.6 Å². The molecule has 4 nitrogen and oxygen atoms in total. The highest BCUT2D eigenvalue weighted by atomic mass is 16.4. The molecule has 0 aliphatic rings. The molecule has 4 heteroatoms. The van der Waals surface area contributed by atoms with Gasteiger partial charge in [-0.3, -0.25) is 4.79 Å². The first-order chi connectivity index (χ1) is 13.6. The van der Waals surface area contributed by atoms with Crippen molar-refractivity contribution in [2.75, 3.05) is 0 Å².